The fraction of sp³-hybridized carbons (Fsp3) is 0.480. The summed E-state index contributed by atoms with van der Waals surface area (Å²) < 4.78 is 21.1. The highest BCUT2D eigenvalue weighted by Gasteiger charge is 2.59. The third-order valence-electron chi connectivity index (χ3n) is 5.41. The van der Waals surface area contributed by atoms with E-state index in [-0.39, 0.29) is 5.69 Å². The van der Waals surface area contributed by atoms with Crippen molar-refractivity contribution in [3.63, 3.8) is 0 Å². The molecule has 0 unspecified atom stereocenters. The third kappa shape index (κ3) is 8.15. The van der Waals surface area contributed by atoms with E-state index in [1.165, 1.54) is 24.3 Å². The molecule has 1 aromatic rings. The minimum atomic E-state index is -1.80. The van der Waals surface area contributed by atoms with Gasteiger partial charge in [-0.15, -0.1) is 5.06 Å². The second-order valence-corrected chi connectivity index (χ2v) is 9.12. The van der Waals surface area contributed by atoms with Crippen LogP contribution in [0.3, 0.4) is 0 Å². The van der Waals surface area contributed by atoms with Gasteiger partial charge in [-0.05, 0) is 31.2 Å². The van der Waals surface area contributed by atoms with Gasteiger partial charge >= 0.3 is 35.9 Å². The molecule has 1 aliphatic heterocycles. The number of hydrogen-bond acceptors (Lipinski definition) is 12. The van der Waals surface area contributed by atoms with Gasteiger partial charge in [0, 0.05) is 45.3 Å². The highest BCUT2D eigenvalue weighted by molar-refractivity contribution is 6.30. The smallest absolute Gasteiger partial charge is 0.358 e. The molecule has 0 radical (unpaired) electrons. The van der Waals surface area contributed by atoms with Gasteiger partial charge < -0.3 is 23.8 Å². The molecule has 0 N–H and O–H groups in total. The summed E-state index contributed by atoms with van der Waals surface area (Å²) in [6.45, 7) is 5.56. The average Bonchev–Trinajstić information content (AvgIpc) is 3.10. The standard InChI is InChI=1S/C25H29ClN2O12/c1-12(29)21-22(28(40-17(6)34)25(35)27(21)19-9-7-18(26)8-10-19)24(39-16(5)33)23(38-15(4)32)20(37-14(3)31)11-36-13(2)30/h7-10,20-24H,11H2,1-6H3/t20-,21+,22-,23-,24+/m1/s1. The molecule has 1 heterocycles. The number of anilines is 1. The fourth-order valence-electron chi connectivity index (χ4n) is 4.16. The van der Waals surface area contributed by atoms with E-state index in [2.05, 4.69) is 0 Å². The summed E-state index contributed by atoms with van der Waals surface area (Å²) in [5, 5.41) is 0.842. The molecule has 0 aliphatic carbocycles. The lowest BCUT2D eigenvalue weighted by Crippen LogP contribution is -2.59. The molecule has 2 rings (SSSR count). The molecule has 5 atom stereocenters. The molecule has 1 saturated heterocycles. The van der Waals surface area contributed by atoms with Crippen molar-refractivity contribution in [3.05, 3.63) is 29.3 Å². The maximum absolute atomic E-state index is 13.6. The normalized spacial score (nSPS) is 18.7. The number of amides is 2. The lowest BCUT2D eigenvalue weighted by atomic mass is 9.92. The summed E-state index contributed by atoms with van der Waals surface area (Å²) in [4.78, 5) is 92.9. The predicted octanol–water partition coefficient (Wildman–Crippen LogP) is 1.74. The molecule has 15 heteroatoms. The SMILES string of the molecule is CC(=O)OC[C@@H](OC(C)=O)[C@@H](OC(C)=O)[C@@H](OC(C)=O)[C@H]1[C@H](C(C)=O)N(c2ccc(Cl)cc2)C(=O)N1OC(C)=O. The van der Waals surface area contributed by atoms with E-state index in [9.17, 15) is 33.6 Å². The van der Waals surface area contributed by atoms with Gasteiger partial charge in [0.05, 0.1) is 0 Å². The minimum Gasteiger partial charge on any atom is -0.462 e. The maximum atomic E-state index is 13.6. The summed E-state index contributed by atoms with van der Waals surface area (Å²) in [7, 11) is 0. The van der Waals surface area contributed by atoms with Gasteiger partial charge in [-0.25, -0.2) is 4.79 Å². The molecule has 0 saturated carbocycles. The molecule has 14 nitrogen and oxygen atoms in total. The van der Waals surface area contributed by atoms with Crippen molar-refractivity contribution in [2.75, 3.05) is 11.5 Å². The Morgan fingerprint density at radius 1 is 0.800 bits per heavy atom. The van der Waals surface area contributed by atoms with Crippen molar-refractivity contribution in [3.8, 4) is 0 Å². The van der Waals surface area contributed by atoms with E-state index in [1.54, 1.807) is 0 Å². The number of carbonyl (C=O) groups excluding carboxylic acids is 7. The summed E-state index contributed by atoms with van der Waals surface area (Å²) in [6, 6.07) is 1.60. The van der Waals surface area contributed by atoms with E-state index < -0.39 is 78.7 Å². The Kier molecular flexibility index (Phi) is 11.0. The number of hydrogen-bond donors (Lipinski definition) is 0. The molecule has 0 bridgehead atoms. The predicted molar refractivity (Wildman–Crippen MR) is 134 cm³/mol. The van der Waals surface area contributed by atoms with Crippen LogP contribution in [0.15, 0.2) is 24.3 Å². The maximum Gasteiger partial charge on any atom is 0.358 e. The zero-order chi connectivity index (χ0) is 30.3. The fourth-order valence-corrected chi connectivity index (χ4v) is 4.28. The number of carbonyl (C=O) groups is 7. The van der Waals surface area contributed by atoms with Crippen LogP contribution in [0, 0.1) is 0 Å². The summed E-state index contributed by atoms with van der Waals surface area (Å²) in [5.74, 6) is -5.19. The number of Topliss-reactive ketones (excluding diaryl/α,β-unsaturated/α-hetero) is 1. The topological polar surface area (TPSA) is 172 Å². The minimum absolute atomic E-state index is 0.163. The molecule has 0 spiro atoms. The molecule has 2 amide bonds. The number of benzene rings is 1. The Bertz CT molecular complexity index is 1170. The Morgan fingerprint density at radius 3 is 1.80 bits per heavy atom. The van der Waals surface area contributed by atoms with Crippen LogP contribution in [0.25, 0.3) is 0 Å². The van der Waals surface area contributed by atoms with Crippen LogP contribution in [0.1, 0.15) is 41.5 Å². The quantitative estimate of drug-likeness (QED) is 0.273. The number of urea groups is 1. The van der Waals surface area contributed by atoms with Gasteiger partial charge in [0.1, 0.15) is 18.7 Å². The zero-order valence-electron chi connectivity index (χ0n) is 22.6. The van der Waals surface area contributed by atoms with Crippen molar-refractivity contribution in [1.82, 2.24) is 5.06 Å². The highest BCUT2D eigenvalue weighted by Crippen LogP contribution is 2.36. The van der Waals surface area contributed by atoms with E-state index in [0.29, 0.717) is 10.1 Å². The molecule has 1 fully saturated rings. The Labute approximate surface area is 234 Å². The summed E-state index contributed by atoms with van der Waals surface area (Å²) in [6.07, 6.45) is -5.13. The molecule has 0 aromatic heterocycles. The van der Waals surface area contributed by atoms with Crippen LogP contribution in [-0.4, -0.2) is 83.7 Å². The number of ketones is 1. The van der Waals surface area contributed by atoms with Crippen molar-refractivity contribution in [2.45, 2.75) is 71.9 Å². The van der Waals surface area contributed by atoms with Crippen molar-refractivity contribution in [2.24, 2.45) is 0 Å². The zero-order valence-corrected chi connectivity index (χ0v) is 23.3. The van der Waals surface area contributed by atoms with E-state index in [4.69, 9.17) is 35.4 Å². The molecule has 1 aromatic carbocycles. The number of nitrogens with zero attached hydrogens (tertiary/aromatic N) is 2. The lowest BCUT2D eigenvalue weighted by molar-refractivity contribution is -0.212. The van der Waals surface area contributed by atoms with Crippen molar-refractivity contribution < 1.29 is 57.3 Å². The number of rotatable bonds is 11. The number of ether oxygens (including phenoxy) is 4. The summed E-state index contributed by atoms with van der Waals surface area (Å²) in [5.41, 5.74) is 0.163. The second kappa shape index (κ2) is 13.7. The van der Waals surface area contributed by atoms with E-state index in [1.807, 2.05) is 0 Å². The molecular weight excluding hydrogens is 556 g/mol. The molecule has 1 aliphatic rings. The van der Waals surface area contributed by atoms with Crippen molar-refractivity contribution >= 4 is 58.9 Å². The lowest BCUT2D eigenvalue weighted by Gasteiger charge is -2.37. The van der Waals surface area contributed by atoms with Crippen LogP contribution in [-0.2, 0) is 52.6 Å². The highest BCUT2D eigenvalue weighted by atomic mass is 35.5. The molecular formula is C25H29ClN2O12. The van der Waals surface area contributed by atoms with Gasteiger partial charge in [0.25, 0.3) is 0 Å². The van der Waals surface area contributed by atoms with Gasteiger partial charge in [0.2, 0.25) is 0 Å². The van der Waals surface area contributed by atoms with Crippen LogP contribution in [0.2, 0.25) is 5.02 Å². The molecule has 218 valence electrons. The first-order chi connectivity index (χ1) is 18.6. The Morgan fingerprint density at radius 2 is 1.35 bits per heavy atom. The van der Waals surface area contributed by atoms with E-state index in [0.717, 1.165) is 46.4 Å². The third-order valence-corrected chi connectivity index (χ3v) is 5.67. The first-order valence-corrected chi connectivity index (χ1v) is 12.2. The van der Waals surface area contributed by atoms with Gasteiger partial charge in [-0.3, -0.25) is 33.7 Å². The average molecular weight is 585 g/mol. The van der Waals surface area contributed by atoms with Crippen LogP contribution in [0.4, 0.5) is 10.5 Å². The van der Waals surface area contributed by atoms with Gasteiger partial charge in [-0.1, -0.05) is 11.6 Å². The van der Waals surface area contributed by atoms with E-state index >= 15 is 0 Å². The molecule has 40 heavy (non-hydrogen) atoms. The van der Waals surface area contributed by atoms with Crippen LogP contribution < -0.4 is 4.90 Å². The largest absolute Gasteiger partial charge is 0.462 e. The monoisotopic (exact) mass is 584 g/mol. The van der Waals surface area contributed by atoms with Crippen molar-refractivity contribution in [1.29, 1.82) is 0 Å². The Hall–Kier alpha value is -4.20. The Balaban J connectivity index is 2.80. The number of hydroxylamine groups is 2. The number of esters is 4. The first-order valence-electron chi connectivity index (χ1n) is 11.9. The second-order valence-electron chi connectivity index (χ2n) is 8.68. The van der Waals surface area contributed by atoms with Gasteiger partial charge in [-0.2, -0.15) is 0 Å². The van der Waals surface area contributed by atoms with Crippen LogP contribution in [0.5, 0.6) is 0 Å². The first kappa shape index (κ1) is 32.0. The van der Waals surface area contributed by atoms with Crippen LogP contribution >= 0.6 is 11.6 Å². The number of halogens is 1. The van der Waals surface area contributed by atoms with Gasteiger partial charge in [0.15, 0.2) is 24.1 Å². The summed E-state index contributed by atoms with van der Waals surface area (Å²) >= 11 is 5.97.